The first-order valence-corrected chi connectivity index (χ1v) is 40.4. The number of fused-ring (bicyclic) bond motifs is 7. The van der Waals surface area contributed by atoms with Crippen molar-refractivity contribution in [3.8, 4) is 0 Å². The monoisotopic (exact) mass is 1390 g/mol. The number of rotatable bonds is 14. The fourth-order valence-corrected chi connectivity index (χ4v) is 15.6. The van der Waals surface area contributed by atoms with Gasteiger partial charge >= 0.3 is 0 Å². The van der Waals surface area contributed by atoms with Gasteiger partial charge in [-0.3, -0.25) is 0 Å². The van der Waals surface area contributed by atoms with E-state index in [0.29, 0.717) is 0 Å². The first kappa shape index (κ1) is 81.6. The van der Waals surface area contributed by atoms with Gasteiger partial charge in [-0.1, -0.05) is 320 Å². The third-order valence-electron chi connectivity index (χ3n) is 22.0. The van der Waals surface area contributed by atoms with Crippen molar-refractivity contribution in [2.24, 2.45) is 0 Å². The smallest absolute Gasteiger partial charge is 0.0120 e. The Hall–Kier alpha value is -9.10. The summed E-state index contributed by atoms with van der Waals surface area (Å²) in [5.41, 5.74) is 30.2. The first-order chi connectivity index (χ1) is 50.8. The fraction of sp³-hybridized carbons (Fsp3) is 0.333. The molecule has 0 aliphatic carbocycles. The lowest BCUT2D eigenvalue weighted by Gasteiger charge is -2.12. The van der Waals surface area contributed by atoms with Gasteiger partial charge in [-0.2, -0.15) is 0 Å². The number of hydrogen-bond acceptors (Lipinski definition) is 0. The number of aryl methyl sites for hydroxylation is 21. The molecule has 0 N–H and O–H groups in total. The zero-order chi connectivity index (χ0) is 75.9. The molecule has 0 nitrogen and oxygen atoms in total. The molecule has 546 valence electrons. The molecule has 0 aliphatic heterocycles. The predicted molar refractivity (Wildman–Crippen MR) is 472 cm³/mol. The maximum absolute atomic E-state index is 2.35. The van der Waals surface area contributed by atoms with Gasteiger partial charge in [0.1, 0.15) is 0 Å². The summed E-state index contributed by atoms with van der Waals surface area (Å²) in [5.74, 6) is 0. The average Bonchev–Trinajstić information content (AvgIpc) is 0.818. The van der Waals surface area contributed by atoms with E-state index in [4.69, 9.17) is 0 Å². The zero-order valence-corrected chi connectivity index (χ0v) is 68.6. The first-order valence-electron chi connectivity index (χ1n) is 40.4. The van der Waals surface area contributed by atoms with E-state index in [1.807, 2.05) is 0 Å². The summed E-state index contributed by atoms with van der Waals surface area (Å²) in [6.07, 6.45) is 15.6. The van der Waals surface area contributed by atoms with E-state index in [9.17, 15) is 0 Å². The topological polar surface area (TPSA) is 0 Å². The van der Waals surface area contributed by atoms with E-state index >= 15 is 0 Å². The largest absolute Gasteiger partial charge is 0.0616 e. The van der Waals surface area contributed by atoms with Crippen LogP contribution in [0.5, 0.6) is 0 Å². The molecular formula is C105H126. The van der Waals surface area contributed by atoms with Gasteiger partial charge in [-0.05, 0) is 319 Å². The Morgan fingerprint density at radius 1 is 0.171 bits per heavy atom. The summed E-state index contributed by atoms with van der Waals surface area (Å²) >= 11 is 0. The molecule has 105 heavy (non-hydrogen) atoms. The molecule has 0 aromatic heterocycles. The second-order valence-corrected chi connectivity index (χ2v) is 29.0. The SMILES string of the molecule is CCc1cc(C)c(CC)c2ccccc12.CCc1cc(C)cc2c(CC)cccc12.CCc1ccc(C)c2c(CC)cccc12.CCc1ccc(CC)c2cc(C)ccc12.CCc1ccc2c(C)cc(CC)cc2c1.CCc1ccc2cc(C)c(CC)cc2c1.CCc1ccc2cc(CC)c(C)cc2c1. The maximum atomic E-state index is 2.35. The molecule has 14 aromatic rings. The Morgan fingerprint density at radius 3 is 1.13 bits per heavy atom. The third kappa shape index (κ3) is 20.5. The summed E-state index contributed by atoms with van der Waals surface area (Å²) in [6.45, 7) is 46.5. The summed E-state index contributed by atoms with van der Waals surface area (Å²) in [6, 6.07) is 79.2. The highest BCUT2D eigenvalue weighted by atomic mass is 14.2. The van der Waals surface area contributed by atoms with E-state index in [-0.39, 0.29) is 0 Å². The third-order valence-corrected chi connectivity index (χ3v) is 22.0. The van der Waals surface area contributed by atoms with Gasteiger partial charge in [0.2, 0.25) is 0 Å². The van der Waals surface area contributed by atoms with Gasteiger partial charge in [0, 0.05) is 0 Å². The van der Waals surface area contributed by atoms with Crippen molar-refractivity contribution in [3.05, 3.63) is 329 Å². The fourth-order valence-electron chi connectivity index (χ4n) is 15.6. The molecule has 0 radical (unpaired) electrons. The molecule has 0 saturated heterocycles. The Balaban J connectivity index is 0.000000155. The molecule has 0 spiro atoms. The van der Waals surface area contributed by atoms with Crippen LogP contribution >= 0.6 is 0 Å². The van der Waals surface area contributed by atoms with Crippen molar-refractivity contribution in [1.29, 1.82) is 0 Å². The highest BCUT2D eigenvalue weighted by Gasteiger charge is 2.11. The quantitative estimate of drug-likeness (QED) is 0.102. The number of hydrogen-bond donors (Lipinski definition) is 0. The van der Waals surface area contributed by atoms with E-state index in [0.717, 1.165) is 89.9 Å². The lowest BCUT2D eigenvalue weighted by atomic mass is 9.93. The van der Waals surface area contributed by atoms with Crippen molar-refractivity contribution < 1.29 is 0 Å². The van der Waals surface area contributed by atoms with Crippen LogP contribution < -0.4 is 0 Å². The van der Waals surface area contributed by atoms with E-state index in [2.05, 4.69) is 358 Å². The van der Waals surface area contributed by atoms with Gasteiger partial charge in [0.25, 0.3) is 0 Å². The van der Waals surface area contributed by atoms with Gasteiger partial charge in [-0.15, -0.1) is 0 Å². The van der Waals surface area contributed by atoms with Gasteiger partial charge in [0.15, 0.2) is 0 Å². The van der Waals surface area contributed by atoms with Crippen molar-refractivity contribution in [2.75, 3.05) is 0 Å². The molecule has 0 atom stereocenters. The standard InChI is InChI=1S/7C15H18/c1-4-12-7-8-13(5-2)15-10-11(3)6-9-14(12)15;1-4-12-6-7-14-10-13(5-2)11(3)8-15(14)9-12;1-4-12-6-7-14-8-11(3)13(5-2)10-15(14)9-12;1-4-12-6-7-15-11(3)8-13(5-2)10-14(15)9-12;1-4-12-7-6-8-14-13(5-2)9-11(3)10-15(12)14;1-4-12-10-9-11(3)15-13(5-2)7-6-8-14(12)15;1-4-12-10-11(3)13(5-2)15-9-7-6-8-14(12)15/h7*6-10H,4-5H2,1-3H3. The van der Waals surface area contributed by atoms with Crippen molar-refractivity contribution in [1.82, 2.24) is 0 Å². The molecule has 0 bridgehead atoms. The molecule has 0 fully saturated rings. The van der Waals surface area contributed by atoms with Gasteiger partial charge < -0.3 is 0 Å². The van der Waals surface area contributed by atoms with Crippen LogP contribution in [0, 0.1) is 48.5 Å². The highest BCUT2D eigenvalue weighted by Crippen LogP contribution is 2.32. The Labute approximate surface area is 635 Å². The molecule has 0 amide bonds. The minimum absolute atomic E-state index is 1.11. The normalized spacial score (nSPS) is 10.9. The van der Waals surface area contributed by atoms with Crippen molar-refractivity contribution in [3.63, 3.8) is 0 Å². The van der Waals surface area contributed by atoms with Crippen molar-refractivity contribution >= 4 is 75.4 Å². The van der Waals surface area contributed by atoms with Crippen LogP contribution in [0.25, 0.3) is 75.4 Å². The Kier molecular flexibility index (Phi) is 31.0. The lowest BCUT2D eigenvalue weighted by molar-refractivity contribution is 1.10. The minimum atomic E-state index is 1.11. The van der Waals surface area contributed by atoms with Crippen LogP contribution in [0.4, 0.5) is 0 Å². The average molecular weight is 1390 g/mol. The van der Waals surface area contributed by atoms with Crippen LogP contribution in [0.1, 0.15) is 214 Å². The predicted octanol–water partition coefficient (Wildman–Crippen LogP) is 29.9. The summed E-state index contributed by atoms with van der Waals surface area (Å²) < 4.78 is 0. The molecule has 0 unspecified atom stereocenters. The Bertz CT molecular complexity index is 5140. The van der Waals surface area contributed by atoms with Crippen LogP contribution in [-0.4, -0.2) is 0 Å². The van der Waals surface area contributed by atoms with Crippen LogP contribution in [0.15, 0.2) is 212 Å². The van der Waals surface area contributed by atoms with E-state index in [1.54, 1.807) is 0 Å². The summed E-state index contributed by atoms with van der Waals surface area (Å²) in [5, 5.41) is 19.8. The van der Waals surface area contributed by atoms with Gasteiger partial charge in [-0.25, -0.2) is 0 Å². The highest BCUT2D eigenvalue weighted by molar-refractivity contribution is 5.94. The molecule has 14 aromatic carbocycles. The number of benzene rings is 14. The summed E-state index contributed by atoms with van der Waals surface area (Å²) in [7, 11) is 0. The molecule has 0 heteroatoms. The lowest BCUT2D eigenvalue weighted by Crippen LogP contribution is -1.93. The van der Waals surface area contributed by atoms with Crippen LogP contribution in [0.2, 0.25) is 0 Å². The molecule has 14 rings (SSSR count). The Morgan fingerprint density at radius 2 is 0.571 bits per heavy atom. The molecule has 0 heterocycles. The zero-order valence-electron chi connectivity index (χ0n) is 68.6. The van der Waals surface area contributed by atoms with Crippen LogP contribution in [-0.2, 0) is 89.9 Å². The van der Waals surface area contributed by atoms with Gasteiger partial charge in [0.05, 0.1) is 0 Å². The second-order valence-electron chi connectivity index (χ2n) is 29.0. The summed E-state index contributed by atoms with van der Waals surface area (Å²) in [4.78, 5) is 0. The maximum Gasteiger partial charge on any atom is -0.0120 e. The van der Waals surface area contributed by atoms with Crippen LogP contribution in [0.3, 0.4) is 0 Å². The van der Waals surface area contributed by atoms with Crippen molar-refractivity contribution in [2.45, 2.75) is 235 Å². The minimum Gasteiger partial charge on any atom is -0.0616 e. The second kappa shape index (κ2) is 39.9. The van der Waals surface area contributed by atoms with E-state index < -0.39 is 0 Å². The molecule has 0 aliphatic rings. The molecule has 0 saturated carbocycles. The van der Waals surface area contributed by atoms with E-state index in [1.165, 1.54) is 192 Å². The molecular weight excluding hydrogens is 1260 g/mol.